The molecule has 1 aromatic rings. The molecule has 2 heterocycles. The molecule has 0 radical (unpaired) electrons. The van der Waals surface area contributed by atoms with Gasteiger partial charge in [-0.1, -0.05) is 13.8 Å². The lowest BCUT2D eigenvalue weighted by molar-refractivity contribution is 0.370. The van der Waals surface area contributed by atoms with E-state index in [1.165, 1.54) is 6.42 Å². The second-order valence-corrected chi connectivity index (χ2v) is 6.23. The number of aromatic nitrogens is 3. The Morgan fingerprint density at radius 1 is 1.38 bits per heavy atom. The third kappa shape index (κ3) is 4.55. The third-order valence-corrected chi connectivity index (χ3v) is 3.86. The normalized spacial score (nSPS) is 17.8. The molecule has 1 aromatic heterocycles. The summed E-state index contributed by atoms with van der Waals surface area (Å²) in [5.74, 6) is 2.80. The first-order chi connectivity index (χ1) is 9.43. The highest BCUT2D eigenvalue weighted by Gasteiger charge is 2.30. The Hall–Kier alpha value is -0.860. The first-order valence-corrected chi connectivity index (χ1v) is 7.31. The lowest BCUT2D eigenvalue weighted by Crippen LogP contribution is -2.40. The quantitative estimate of drug-likeness (QED) is 0.474. The van der Waals surface area contributed by atoms with Gasteiger partial charge in [0.2, 0.25) is 0 Å². The Balaban J connectivity index is 0.00000220. The molecular weight excluding hydrogens is 379 g/mol. The molecule has 7 heteroatoms. The van der Waals surface area contributed by atoms with Crippen molar-refractivity contribution in [2.45, 2.75) is 40.7 Å². The molecule has 0 spiro atoms. The highest BCUT2D eigenvalue weighted by atomic mass is 127. The van der Waals surface area contributed by atoms with Gasteiger partial charge in [0.15, 0.2) is 11.8 Å². The molecule has 1 aliphatic heterocycles. The Morgan fingerprint density at radius 2 is 2.10 bits per heavy atom. The Morgan fingerprint density at radius 3 is 2.57 bits per heavy atom. The van der Waals surface area contributed by atoms with E-state index in [0.717, 1.165) is 37.2 Å². The maximum Gasteiger partial charge on any atom is 0.194 e. The third-order valence-electron chi connectivity index (χ3n) is 3.86. The van der Waals surface area contributed by atoms with Crippen LogP contribution in [-0.4, -0.2) is 45.3 Å². The van der Waals surface area contributed by atoms with Crippen LogP contribution in [0.25, 0.3) is 0 Å². The molecule has 0 amide bonds. The average Bonchev–Trinajstić information content (AvgIpc) is 2.90. The van der Waals surface area contributed by atoms with Crippen molar-refractivity contribution >= 4 is 29.9 Å². The van der Waals surface area contributed by atoms with Gasteiger partial charge < -0.3 is 14.8 Å². The lowest BCUT2D eigenvalue weighted by atomic mass is 9.93. The van der Waals surface area contributed by atoms with E-state index in [0.29, 0.717) is 12.0 Å². The van der Waals surface area contributed by atoms with Crippen LogP contribution in [0.4, 0.5) is 0 Å². The van der Waals surface area contributed by atoms with Crippen LogP contribution < -0.4 is 5.32 Å². The van der Waals surface area contributed by atoms with Crippen molar-refractivity contribution in [3.8, 4) is 0 Å². The van der Waals surface area contributed by atoms with Crippen molar-refractivity contribution in [1.29, 1.82) is 0 Å². The van der Waals surface area contributed by atoms with E-state index in [9.17, 15) is 0 Å². The highest BCUT2D eigenvalue weighted by Crippen LogP contribution is 2.28. The minimum atomic E-state index is 0. The smallest absolute Gasteiger partial charge is 0.194 e. The molecule has 1 aliphatic rings. The molecule has 0 aromatic carbocycles. The minimum Gasteiger partial charge on any atom is -0.357 e. The van der Waals surface area contributed by atoms with Gasteiger partial charge in [0.1, 0.15) is 12.4 Å². The van der Waals surface area contributed by atoms with Gasteiger partial charge in [0, 0.05) is 26.7 Å². The molecule has 0 saturated carbocycles. The van der Waals surface area contributed by atoms with E-state index in [1.54, 1.807) is 0 Å². The largest absolute Gasteiger partial charge is 0.357 e. The van der Waals surface area contributed by atoms with Gasteiger partial charge in [-0.2, -0.15) is 0 Å². The topological polar surface area (TPSA) is 58.3 Å². The number of likely N-dealkylation sites (tertiary alicyclic amines) is 1. The van der Waals surface area contributed by atoms with E-state index in [-0.39, 0.29) is 24.0 Å². The van der Waals surface area contributed by atoms with Crippen LogP contribution in [0, 0.1) is 12.3 Å². The number of aryl methyl sites for hydroxylation is 1. The minimum absolute atomic E-state index is 0. The Labute approximate surface area is 144 Å². The fraction of sp³-hybridized carbons (Fsp3) is 0.786. The van der Waals surface area contributed by atoms with Crippen molar-refractivity contribution in [1.82, 2.24) is 25.0 Å². The molecule has 6 nitrogen and oxygen atoms in total. The molecule has 1 fully saturated rings. The molecule has 120 valence electrons. The van der Waals surface area contributed by atoms with Gasteiger partial charge in [0.05, 0.1) is 0 Å². The SMILES string of the molecule is CCNC(=NCc1nnc(C)n1C)N1CCC(C)(C)C1.I. The first-order valence-electron chi connectivity index (χ1n) is 7.31. The van der Waals surface area contributed by atoms with E-state index in [1.807, 2.05) is 18.5 Å². The summed E-state index contributed by atoms with van der Waals surface area (Å²) in [4.78, 5) is 7.05. The van der Waals surface area contributed by atoms with Gasteiger partial charge in [-0.3, -0.25) is 0 Å². The predicted molar refractivity (Wildman–Crippen MR) is 95.9 cm³/mol. The van der Waals surface area contributed by atoms with Crippen LogP contribution in [0.15, 0.2) is 4.99 Å². The number of rotatable bonds is 3. The molecule has 21 heavy (non-hydrogen) atoms. The van der Waals surface area contributed by atoms with Crippen LogP contribution in [-0.2, 0) is 13.6 Å². The summed E-state index contributed by atoms with van der Waals surface area (Å²) in [7, 11) is 1.98. The van der Waals surface area contributed by atoms with Crippen molar-refractivity contribution in [3.63, 3.8) is 0 Å². The fourth-order valence-corrected chi connectivity index (χ4v) is 2.45. The number of guanidine groups is 1. The van der Waals surface area contributed by atoms with Gasteiger partial charge in [0.25, 0.3) is 0 Å². The number of nitrogens with one attached hydrogen (secondary N) is 1. The molecule has 1 N–H and O–H groups in total. The maximum atomic E-state index is 4.71. The standard InChI is InChI=1S/C14H26N6.HI/c1-6-15-13(20-8-7-14(3,4)10-20)16-9-12-18-17-11(2)19(12)5;/h6-10H2,1-5H3,(H,15,16);1H. The fourth-order valence-electron chi connectivity index (χ4n) is 2.45. The van der Waals surface area contributed by atoms with E-state index in [2.05, 4.69) is 41.2 Å². The Bertz CT molecular complexity index is 494. The summed E-state index contributed by atoms with van der Waals surface area (Å²) < 4.78 is 1.99. The molecule has 0 aliphatic carbocycles. The number of nitrogens with zero attached hydrogens (tertiary/aromatic N) is 5. The molecular formula is C14H27IN6. The van der Waals surface area contributed by atoms with Crippen molar-refractivity contribution in [3.05, 3.63) is 11.6 Å². The molecule has 0 atom stereocenters. The van der Waals surface area contributed by atoms with Crippen LogP contribution in [0.5, 0.6) is 0 Å². The maximum absolute atomic E-state index is 4.71. The highest BCUT2D eigenvalue weighted by molar-refractivity contribution is 14.0. The number of halogens is 1. The summed E-state index contributed by atoms with van der Waals surface area (Å²) in [6.45, 7) is 12.2. The van der Waals surface area contributed by atoms with Gasteiger partial charge in [-0.25, -0.2) is 4.99 Å². The van der Waals surface area contributed by atoms with Gasteiger partial charge in [-0.05, 0) is 25.7 Å². The zero-order valence-corrected chi connectivity index (χ0v) is 16.0. The van der Waals surface area contributed by atoms with Crippen LogP contribution >= 0.6 is 24.0 Å². The number of aliphatic imine (C=N–C) groups is 1. The van der Waals surface area contributed by atoms with Gasteiger partial charge in [-0.15, -0.1) is 34.2 Å². The molecule has 0 unspecified atom stereocenters. The van der Waals surface area contributed by atoms with E-state index >= 15 is 0 Å². The average molecular weight is 406 g/mol. The van der Waals surface area contributed by atoms with Crippen LogP contribution in [0.3, 0.4) is 0 Å². The van der Waals surface area contributed by atoms with Crippen molar-refractivity contribution < 1.29 is 0 Å². The van der Waals surface area contributed by atoms with Crippen molar-refractivity contribution in [2.24, 2.45) is 17.5 Å². The zero-order chi connectivity index (χ0) is 14.8. The first kappa shape index (κ1) is 18.2. The summed E-state index contributed by atoms with van der Waals surface area (Å²) in [5, 5.41) is 11.6. The molecule has 1 saturated heterocycles. The number of hydrogen-bond acceptors (Lipinski definition) is 3. The second-order valence-electron chi connectivity index (χ2n) is 6.23. The lowest BCUT2D eigenvalue weighted by Gasteiger charge is -2.23. The number of hydrogen-bond donors (Lipinski definition) is 1. The van der Waals surface area contributed by atoms with E-state index < -0.39 is 0 Å². The van der Waals surface area contributed by atoms with Gasteiger partial charge >= 0.3 is 0 Å². The summed E-state index contributed by atoms with van der Waals surface area (Å²) in [6, 6.07) is 0. The monoisotopic (exact) mass is 406 g/mol. The molecule has 2 rings (SSSR count). The Kier molecular flexibility index (Phi) is 6.42. The van der Waals surface area contributed by atoms with E-state index in [4.69, 9.17) is 4.99 Å². The van der Waals surface area contributed by atoms with Crippen molar-refractivity contribution in [2.75, 3.05) is 19.6 Å². The zero-order valence-electron chi connectivity index (χ0n) is 13.7. The summed E-state index contributed by atoms with van der Waals surface area (Å²) in [5.41, 5.74) is 0.373. The molecule has 0 bridgehead atoms. The summed E-state index contributed by atoms with van der Waals surface area (Å²) in [6.07, 6.45) is 1.21. The van der Waals surface area contributed by atoms with Crippen LogP contribution in [0.2, 0.25) is 0 Å². The predicted octanol–water partition coefficient (Wildman–Crippen LogP) is 1.94. The summed E-state index contributed by atoms with van der Waals surface area (Å²) >= 11 is 0. The van der Waals surface area contributed by atoms with Crippen LogP contribution in [0.1, 0.15) is 38.8 Å². The second kappa shape index (κ2) is 7.42.